The molecule has 1 aromatic rings. The van der Waals surface area contributed by atoms with Crippen molar-refractivity contribution in [2.75, 3.05) is 23.8 Å². The highest BCUT2D eigenvalue weighted by Crippen LogP contribution is 2.11. The predicted octanol–water partition coefficient (Wildman–Crippen LogP) is 2.84. The summed E-state index contributed by atoms with van der Waals surface area (Å²) in [5.41, 5.74) is 0. The van der Waals surface area contributed by atoms with Crippen LogP contribution < -0.4 is 10.2 Å². The molecule has 0 atom stereocenters. The molecular weight excluding hydrogens is 240 g/mol. The number of hydrogen-bond acceptors (Lipinski definition) is 4. The third-order valence-corrected chi connectivity index (χ3v) is 2.91. The Morgan fingerprint density at radius 2 is 1.95 bits per heavy atom. The van der Waals surface area contributed by atoms with Crippen LogP contribution in [0.5, 0.6) is 0 Å². The summed E-state index contributed by atoms with van der Waals surface area (Å²) in [6.45, 7) is 5.19. The average Bonchev–Trinajstić information content (AvgIpc) is 2.43. The fourth-order valence-electron chi connectivity index (χ4n) is 1.65. The van der Waals surface area contributed by atoms with Gasteiger partial charge in [0.25, 0.3) is 0 Å². The SMILES string of the molecule is CCCCC(=O)Nc1ccc(N(C)CCCC)nn1. The Morgan fingerprint density at radius 3 is 2.53 bits per heavy atom. The molecule has 0 fully saturated rings. The number of nitrogens with zero attached hydrogens (tertiary/aromatic N) is 3. The Morgan fingerprint density at radius 1 is 1.21 bits per heavy atom. The van der Waals surface area contributed by atoms with E-state index in [-0.39, 0.29) is 5.91 Å². The Kier molecular flexibility index (Phi) is 6.85. The van der Waals surface area contributed by atoms with Crippen molar-refractivity contribution in [1.82, 2.24) is 10.2 Å². The lowest BCUT2D eigenvalue weighted by molar-refractivity contribution is -0.116. The first-order valence-electron chi connectivity index (χ1n) is 7.02. The van der Waals surface area contributed by atoms with E-state index in [0.717, 1.165) is 38.0 Å². The van der Waals surface area contributed by atoms with Gasteiger partial charge in [-0.05, 0) is 25.0 Å². The lowest BCUT2D eigenvalue weighted by Gasteiger charge is -2.16. The van der Waals surface area contributed by atoms with E-state index in [0.29, 0.717) is 12.2 Å². The Bertz CT molecular complexity index is 378. The molecule has 5 heteroatoms. The minimum atomic E-state index is 0.00300. The van der Waals surface area contributed by atoms with Gasteiger partial charge in [0.2, 0.25) is 5.91 Å². The van der Waals surface area contributed by atoms with E-state index in [1.807, 2.05) is 13.1 Å². The number of hydrogen-bond donors (Lipinski definition) is 1. The highest BCUT2D eigenvalue weighted by atomic mass is 16.1. The van der Waals surface area contributed by atoms with Crippen molar-refractivity contribution in [3.8, 4) is 0 Å². The second-order valence-electron chi connectivity index (χ2n) is 4.70. The minimum absolute atomic E-state index is 0.00300. The fraction of sp³-hybridized carbons (Fsp3) is 0.643. The van der Waals surface area contributed by atoms with Crippen LogP contribution in [0.1, 0.15) is 46.0 Å². The third kappa shape index (κ3) is 5.68. The second-order valence-corrected chi connectivity index (χ2v) is 4.70. The number of carbonyl (C=O) groups is 1. The van der Waals surface area contributed by atoms with Crippen LogP contribution in [0.15, 0.2) is 12.1 Å². The number of carbonyl (C=O) groups excluding carboxylic acids is 1. The van der Waals surface area contributed by atoms with Gasteiger partial charge in [0.15, 0.2) is 11.6 Å². The van der Waals surface area contributed by atoms with E-state index in [1.54, 1.807) is 6.07 Å². The van der Waals surface area contributed by atoms with Crippen LogP contribution in [-0.2, 0) is 4.79 Å². The van der Waals surface area contributed by atoms with Crippen LogP contribution in [0.4, 0.5) is 11.6 Å². The number of aromatic nitrogens is 2. The maximum atomic E-state index is 11.5. The van der Waals surface area contributed by atoms with Gasteiger partial charge in [-0.1, -0.05) is 26.7 Å². The van der Waals surface area contributed by atoms with Crippen molar-refractivity contribution in [3.63, 3.8) is 0 Å². The van der Waals surface area contributed by atoms with E-state index in [2.05, 4.69) is 34.3 Å². The topological polar surface area (TPSA) is 58.1 Å². The number of nitrogens with one attached hydrogen (secondary N) is 1. The van der Waals surface area contributed by atoms with Gasteiger partial charge in [0.05, 0.1) is 0 Å². The molecule has 1 N–H and O–H groups in total. The molecule has 0 bridgehead atoms. The van der Waals surface area contributed by atoms with Gasteiger partial charge in [-0.25, -0.2) is 0 Å². The molecule has 19 heavy (non-hydrogen) atoms. The summed E-state index contributed by atoms with van der Waals surface area (Å²) in [5.74, 6) is 1.36. The van der Waals surface area contributed by atoms with Crippen molar-refractivity contribution in [1.29, 1.82) is 0 Å². The highest BCUT2D eigenvalue weighted by Gasteiger charge is 2.05. The molecule has 0 aromatic carbocycles. The van der Waals surface area contributed by atoms with Crippen LogP contribution >= 0.6 is 0 Å². The van der Waals surface area contributed by atoms with Crippen molar-refractivity contribution >= 4 is 17.5 Å². The maximum Gasteiger partial charge on any atom is 0.225 e. The van der Waals surface area contributed by atoms with Crippen LogP contribution in [0, 0.1) is 0 Å². The molecule has 106 valence electrons. The Hall–Kier alpha value is -1.65. The van der Waals surface area contributed by atoms with Gasteiger partial charge in [0, 0.05) is 20.0 Å². The first-order chi connectivity index (χ1) is 9.17. The summed E-state index contributed by atoms with van der Waals surface area (Å²) in [5, 5.41) is 10.9. The molecule has 1 amide bonds. The Balaban J connectivity index is 2.49. The van der Waals surface area contributed by atoms with Gasteiger partial charge in [-0.2, -0.15) is 0 Å². The van der Waals surface area contributed by atoms with Crippen LogP contribution in [-0.4, -0.2) is 29.7 Å². The van der Waals surface area contributed by atoms with E-state index >= 15 is 0 Å². The molecule has 0 radical (unpaired) electrons. The molecule has 0 aliphatic heterocycles. The van der Waals surface area contributed by atoms with E-state index in [9.17, 15) is 4.79 Å². The summed E-state index contributed by atoms with van der Waals surface area (Å²) in [4.78, 5) is 13.6. The lowest BCUT2D eigenvalue weighted by atomic mass is 10.2. The number of amides is 1. The van der Waals surface area contributed by atoms with Crippen molar-refractivity contribution in [3.05, 3.63) is 12.1 Å². The predicted molar refractivity (Wildman–Crippen MR) is 78.4 cm³/mol. The average molecular weight is 264 g/mol. The quantitative estimate of drug-likeness (QED) is 0.784. The van der Waals surface area contributed by atoms with Gasteiger partial charge in [0.1, 0.15) is 0 Å². The van der Waals surface area contributed by atoms with E-state index in [1.165, 1.54) is 0 Å². The molecular formula is C14H24N4O. The zero-order chi connectivity index (χ0) is 14.1. The fourth-order valence-corrected chi connectivity index (χ4v) is 1.65. The molecule has 1 rings (SSSR count). The molecule has 0 aliphatic carbocycles. The molecule has 5 nitrogen and oxygen atoms in total. The van der Waals surface area contributed by atoms with Gasteiger partial charge in [-0.3, -0.25) is 4.79 Å². The molecule has 0 spiro atoms. The summed E-state index contributed by atoms with van der Waals surface area (Å²) in [7, 11) is 2.00. The zero-order valence-electron chi connectivity index (χ0n) is 12.1. The lowest BCUT2D eigenvalue weighted by Crippen LogP contribution is -2.20. The van der Waals surface area contributed by atoms with E-state index < -0.39 is 0 Å². The van der Waals surface area contributed by atoms with E-state index in [4.69, 9.17) is 0 Å². The Labute approximate surface area is 115 Å². The smallest absolute Gasteiger partial charge is 0.225 e. The minimum Gasteiger partial charge on any atom is -0.358 e. The molecule has 0 saturated carbocycles. The van der Waals surface area contributed by atoms with Crippen molar-refractivity contribution in [2.45, 2.75) is 46.0 Å². The zero-order valence-corrected chi connectivity index (χ0v) is 12.1. The van der Waals surface area contributed by atoms with Crippen LogP contribution in [0.3, 0.4) is 0 Å². The summed E-state index contributed by atoms with van der Waals surface area (Å²) in [6.07, 6.45) is 4.74. The highest BCUT2D eigenvalue weighted by molar-refractivity contribution is 5.89. The first kappa shape index (κ1) is 15.4. The first-order valence-corrected chi connectivity index (χ1v) is 7.02. The molecule has 0 unspecified atom stereocenters. The maximum absolute atomic E-state index is 11.5. The van der Waals surface area contributed by atoms with Crippen molar-refractivity contribution in [2.24, 2.45) is 0 Å². The van der Waals surface area contributed by atoms with Gasteiger partial charge >= 0.3 is 0 Å². The monoisotopic (exact) mass is 264 g/mol. The van der Waals surface area contributed by atoms with Crippen molar-refractivity contribution < 1.29 is 4.79 Å². The summed E-state index contributed by atoms with van der Waals surface area (Å²) in [6, 6.07) is 3.69. The largest absolute Gasteiger partial charge is 0.358 e. The summed E-state index contributed by atoms with van der Waals surface area (Å²) >= 11 is 0. The van der Waals surface area contributed by atoms with Crippen LogP contribution in [0.2, 0.25) is 0 Å². The number of anilines is 2. The third-order valence-electron chi connectivity index (χ3n) is 2.91. The van der Waals surface area contributed by atoms with Crippen LogP contribution in [0.25, 0.3) is 0 Å². The molecule has 0 aliphatic rings. The summed E-state index contributed by atoms with van der Waals surface area (Å²) < 4.78 is 0. The molecule has 0 saturated heterocycles. The molecule has 1 aromatic heterocycles. The van der Waals surface area contributed by atoms with Gasteiger partial charge < -0.3 is 10.2 Å². The number of rotatable bonds is 8. The molecule has 1 heterocycles. The van der Waals surface area contributed by atoms with Gasteiger partial charge in [-0.15, -0.1) is 10.2 Å². The number of unbranched alkanes of at least 4 members (excludes halogenated alkanes) is 2. The second kappa shape index (κ2) is 8.45. The normalized spacial score (nSPS) is 10.3. The standard InChI is InChI=1S/C14H24N4O/c1-4-6-8-14(19)15-12-9-10-13(17-16-12)18(3)11-7-5-2/h9-10H,4-8,11H2,1-3H3,(H,15,16,19).